The van der Waals surface area contributed by atoms with Crippen LogP contribution in [0.2, 0.25) is 0 Å². The normalized spacial score (nSPS) is 15.4. The van der Waals surface area contributed by atoms with Crippen molar-refractivity contribution in [3.05, 3.63) is 35.5 Å². The summed E-state index contributed by atoms with van der Waals surface area (Å²) in [6.45, 7) is 0. The Morgan fingerprint density at radius 2 is 2.20 bits per heavy atom. The lowest BCUT2D eigenvalue weighted by Crippen LogP contribution is -2.16. The smallest absolute Gasteiger partial charge is 0.422 e. The fourth-order valence-corrected chi connectivity index (χ4v) is 0.664. The van der Waals surface area contributed by atoms with E-state index >= 15 is 0 Å². The van der Waals surface area contributed by atoms with Crippen LogP contribution in [0.5, 0.6) is 0 Å². The fourth-order valence-electron chi connectivity index (χ4n) is 0.664. The van der Waals surface area contributed by atoms with E-state index in [1.54, 1.807) is 12.2 Å². The molecule has 1 rings (SSSR count). The van der Waals surface area contributed by atoms with Crippen LogP contribution in [-0.4, -0.2) is 17.2 Å². The summed E-state index contributed by atoms with van der Waals surface area (Å²) in [5, 5.41) is 17.3. The number of rotatable bonds is 1. The lowest BCUT2D eigenvalue weighted by molar-refractivity contribution is 0.420. The van der Waals surface area contributed by atoms with Crippen LogP contribution in [-0.2, 0) is 0 Å². The van der Waals surface area contributed by atoms with Crippen molar-refractivity contribution in [2.24, 2.45) is 5.73 Å². The molecule has 0 atom stereocenters. The van der Waals surface area contributed by atoms with Crippen molar-refractivity contribution in [2.75, 3.05) is 0 Å². The summed E-state index contributed by atoms with van der Waals surface area (Å²) in [5.41, 5.74) is 6.11. The Morgan fingerprint density at radius 1 is 1.50 bits per heavy atom. The molecule has 50 valence electrons. The largest absolute Gasteiger partial charge is 0.517 e. The minimum atomic E-state index is -1.45. The van der Waals surface area contributed by atoms with Crippen LogP contribution in [0.25, 0.3) is 0 Å². The van der Waals surface area contributed by atoms with Gasteiger partial charge in [0.15, 0.2) is 5.70 Å². The van der Waals surface area contributed by atoms with E-state index in [2.05, 4.69) is 6.08 Å². The quantitative estimate of drug-likeness (QED) is 0.324. The van der Waals surface area contributed by atoms with Gasteiger partial charge in [0.25, 0.3) is 0 Å². The zero-order chi connectivity index (χ0) is 7.56. The molecule has 0 radical (unpaired) electrons. The molecule has 0 spiro atoms. The van der Waals surface area contributed by atoms with Crippen LogP contribution in [0, 0.1) is 6.08 Å². The van der Waals surface area contributed by atoms with Crippen LogP contribution in [0.4, 0.5) is 0 Å². The van der Waals surface area contributed by atoms with Crippen LogP contribution in [0.15, 0.2) is 29.4 Å². The van der Waals surface area contributed by atoms with Crippen LogP contribution < -0.4 is 5.73 Å². The summed E-state index contributed by atoms with van der Waals surface area (Å²) in [6, 6.07) is 0. The highest BCUT2D eigenvalue weighted by Gasteiger charge is 2.19. The first-order chi connectivity index (χ1) is 4.70. The van der Waals surface area contributed by atoms with Gasteiger partial charge in [-0.05, 0) is 0 Å². The van der Waals surface area contributed by atoms with Crippen LogP contribution in [0.1, 0.15) is 0 Å². The lowest BCUT2D eigenvalue weighted by Gasteiger charge is -1.94. The van der Waals surface area contributed by atoms with Gasteiger partial charge in [-0.1, -0.05) is 0 Å². The maximum atomic E-state index is 8.63. The Morgan fingerprint density at radius 3 is 2.60 bits per heavy atom. The molecule has 10 heavy (non-hydrogen) atoms. The van der Waals surface area contributed by atoms with Gasteiger partial charge in [0.05, 0.1) is 17.6 Å². The van der Waals surface area contributed by atoms with E-state index in [-0.39, 0.29) is 0 Å². The molecule has 0 aromatic rings. The van der Waals surface area contributed by atoms with Gasteiger partial charge in [-0.25, -0.2) is 0 Å². The molecular formula is C6H7BNO2+. The third kappa shape index (κ3) is 1.45. The van der Waals surface area contributed by atoms with Crippen molar-refractivity contribution in [2.45, 2.75) is 0 Å². The molecule has 0 aromatic carbocycles. The second-order valence-electron chi connectivity index (χ2n) is 1.95. The Balaban J connectivity index is 2.82. The highest BCUT2D eigenvalue weighted by Crippen LogP contribution is 2.06. The predicted molar refractivity (Wildman–Crippen MR) is 38.4 cm³/mol. The Bertz CT molecular complexity index is 218. The maximum Gasteiger partial charge on any atom is 0.517 e. The zero-order valence-electron chi connectivity index (χ0n) is 5.28. The molecule has 0 aromatic heterocycles. The van der Waals surface area contributed by atoms with Gasteiger partial charge in [0, 0.05) is 6.08 Å². The Labute approximate surface area is 59.3 Å². The molecule has 0 heterocycles. The van der Waals surface area contributed by atoms with Crippen LogP contribution in [0.3, 0.4) is 0 Å². The second-order valence-corrected chi connectivity index (χ2v) is 1.95. The summed E-state index contributed by atoms with van der Waals surface area (Å²) in [4.78, 5) is 0. The number of allylic oxidation sites excluding steroid dienone is 5. The molecule has 3 nitrogen and oxygen atoms in total. The molecule has 4 N–H and O–H groups in total. The van der Waals surface area contributed by atoms with E-state index in [0.29, 0.717) is 11.2 Å². The first-order valence-electron chi connectivity index (χ1n) is 2.83. The number of hydrogen-bond donors (Lipinski definition) is 3. The Kier molecular flexibility index (Phi) is 1.87. The van der Waals surface area contributed by atoms with Gasteiger partial charge in [-0.3, -0.25) is 0 Å². The summed E-state index contributed by atoms with van der Waals surface area (Å²) in [5.74, 6) is 0. The van der Waals surface area contributed by atoms with Crippen molar-refractivity contribution in [1.29, 1.82) is 0 Å². The number of hydrogen-bond acceptors (Lipinski definition) is 3. The minimum Gasteiger partial charge on any atom is -0.422 e. The summed E-state index contributed by atoms with van der Waals surface area (Å²) in [6.07, 6.45) is 7.23. The summed E-state index contributed by atoms with van der Waals surface area (Å²) in [7, 11) is -1.45. The second kappa shape index (κ2) is 2.67. The van der Waals surface area contributed by atoms with E-state index < -0.39 is 7.12 Å². The molecular weight excluding hydrogens is 129 g/mol. The maximum absolute atomic E-state index is 8.63. The van der Waals surface area contributed by atoms with Gasteiger partial charge in [-0.15, -0.1) is 0 Å². The summed E-state index contributed by atoms with van der Waals surface area (Å²) >= 11 is 0. The van der Waals surface area contributed by atoms with E-state index in [9.17, 15) is 0 Å². The average Bonchev–Trinajstić information content (AvgIpc) is 1.88. The van der Waals surface area contributed by atoms with Crippen molar-refractivity contribution >= 4 is 7.12 Å². The highest BCUT2D eigenvalue weighted by molar-refractivity contribution is 6.51. The van der Waals surface area contributed by atoms with Crippen LogP contribution >= 0.6 is 0 Å². The molecule has 0 fully saturated rings. The monoisotopic (exact) mass is 136 g/mol. The summed E-state index contributed by atoms with van der Waals surface area (Å²) < 4.78 is 0. The minimum absolute atomic E-state index is 0.385. The first kappa shape index (κ1) is 7.03. The lowest BCUT2D eigenvalue weighted by atomic mass is 9.77. The van der Waals surface area contributed by atoms with Gasteiger partial charge in [0.1, 0.15) is 6.08 Å². The SMILES string of the molecule is NC1=[C+]C=CC(B(O)O)=C1. The molecule has 0 saturated carbocycles. The molecule has 1 aliphatic rings. The Hall–Kier alpha value is -1.09. The molecule has 0 amide bonds. The third-order valence-electron chi connectivity index (χ3n) is 1.15. The fraction of sp³-hybridized carbons (Fsp3) is 0. The molecule has 4 heteroatoms. The van der Waals surface area contributed by atoms with Gasteiger partial charge >= 0.3 is 7.12 Å². The van der Waals surface area contributed by atoms with Crippen molar-refractivity contribution in [3.8, 4) is 0 Å². The zero-order valence-corrected chi connectivity index (χ0v) is 5.28. The van der Waals surface area contributed by atoms with E-state index in [1.165, 1.54) is 6.08 Å². The van der Waals surface area contributed by atoms with Gasteiger partial charge in [0.2, 0.25) is 0 Å². The molecule has 0 saturated heterocycles. The van der Waals surface area contributed by atoms with E-state index in [1.807, 2.05) is 0 Å². The van der Waals surface area contributed by atoms with Crippen molar-refractivity contribution in [3.63, 3.8) is 0 Å². The number of nitrogens with two attached hydrogens (primary N) is 1. The van der Waals surface area contributed by atoms with Gasteiger partial charge in [-0.2, -0.15) is 0 Å². The van der Waals surface area contributed by atoms with Crippen molar-refractivity contribution < 1.29 is 10.0 Å². The molecule has 1 aliphatic carbocycles. The topological polar surface area (TPSA) is 66.5 Å². The highest BCUT2D eigenvalue weighted by atomic mass is 16.4. The standard InChI is InChI=1S/C6H7BNO2/c8-6-3-1-2-5(4-6)7(9)10/h1-2,4,9-10H,8H2/q+1. The van der Waals surface area contributed by atoms with Gasteiger partial charge < -0.3 is 15.8 Å². The van der Waals surface area contributed by atoms with E-state index in [4.69, 9.17) is 15.8 Å². The van der Waals surface area contributed by atoms with E-state index in [0.717, 1.165) is 0 Å². The predicted octanol–water partition coefficient (Wildman–Crippen LogP) is -0.860. The first-order valence-corrected chi connectivity index (χ1v) is 2.83. The third-order valence-corrected chi connectivity index (χ3v) is 1.15. The molecule has 0 bridgehead atoms. The molecule has 0 aliphatic heterocycles. The average molecular weight is 136 g/mol. The molecule has 0 unspecified atom stereocenters. The van der Waals surface area contributed by atoms with Crippen molar-refractivity contribution in [1.82, 2.24) is 0 Å².